The Bertz CT molecular complexity index is 702. The molecule has 5 nitrogen and oxygen atoms in total. The van der Waals surface area contributed by atoms with E-state index in [0.29, 0.717) is 16.3 Å². The van der Waals surface area contributed by atoms with Crippen molar-refractivity contribution in [3.05, 3.63) is 58.6 Å². The van der Waals surface area contributed by atoms with Gasteiger partial charge in [0.25, 0.3) is 5.91 Å². The quantitative estimate of drug-likeness (QED) is 0.658. The Kier molecular flexibility index (Phi) is 5.38. The van der Waals surface area contributed by atoms with Crippen LogP contribution in [0.3, 0.4) is 0 Å². The number of nitrogens with one attached hydrogen (secondary N) is 1. The lowest BCUT2D eigenvalue weighted by Gasteiger charge is -2.05. The fourth-order valence-electron chi connectivity index (χ4n) is 1.67. The van der Waals surface area contributed by atoms with Gasteiger partial charge in [0.05, 0.1) is 6.21 Å². The van der Waals surface area contributed by atoms with E-state index in [0.717, 1.165) is 5.56 Å². The summed E-state index contributed by atoms with van der Waals surface area (Å²) in [4.78, 5) is 11.6. The van der Waals surface area contributed by atoms with Crippen molar-refractivity contribution in [2.75, 3.05) is 6.61 Å². The van der Waals surface area contributed by atoms with Crippen molar-refractivity contribution in [1.82, 2.24) is 5.43 Å². The van der Waals surface area contributed by atoms with Gasteiger partial charge in [0.1, 0.15) is 11.5 Å². The average molecular weight is 319 g/mol. The molecule has 6 heteroatoms. The molecule has 2 aromatic carbocycles. The van der Waals surface area contributed by atoms with Crippen molar-refractivity contribution in [1.29, 1.82) is 0 Å². The van der Waals surface area contributed by atoms with Crippen LogP contribution >= 0.6 is 11.6 Å². The number of benzene rings is 2. The molecule has 0 spiro atoms. The number of ether oxygens (including phenoxy) is 1. The number of hydrogen-bond acceptors (Lipinski definition) is 4. The number of phenolic OH excluding ortho intramolecular Hbond substituents is 1. The van der Waals surface area contributed by atoms with Crippen LogP contribution < -0.4 is 10.2 Å². The zero-order chi connectivity index (χ0) is 15.9. The van der Waals surface area contributed by atoms with Crippen LogP contribution in [0.4, 0.5) is 0 Å². The van der Waals surface area contributed by atoms with Crippen LogP contribution in [0.5, 0.6) is 11.5 Å². The lowest BCUT2D eigenvalue weighted by Crippen LogP contribution is -2.24. The summed E-state index contributed by atoms with van der Waals surface area (Å²) < 4.78 is 5.27. The largest absolute Gasteiger partial charge is 0.507 e. The monoisotopic (exact) mass is 318 g/mol. The summed E-state index contributed by atoms with van der Waals surface area (Å²) in [5, 5.41) is 14.0. The molecule has 0 bridgehead atoms. The van der Waals surface area contributed by atoms with Gasteiger partial charge in [0, 0.05) is 10.6 Å². The number of amides is 1. The summed E-state index contributed by atoms with van der Waals surface area (Å²) in [6, 6.07) is 11.9. The molecule has 0 fully saturated rings. The first-order valence-corrected chi connectivity index (χ1v) is 6.92. The minimum Gasteiger partial charge on any atom is -0.507 e. The molecular formula is C16H15ClN2O3. The standard InChI is InChI=1S/C16H15ClN2O3/c1-11-5-6-12(15(20)7-11)9-18-19-16(21)10-22-14-4-2-3-13(17)8-14/h2-9,20H,10H2,1H3,(H,19,21). The Morgan fingerprint density at radius 1 is 1.36 bits per heavy atom. The van der Waals surface area contributed by atoms with Gasteiger partial charge in [-0.2, -0.15) is 5.10 Å². The molecule has 0 aromatic heterocycles. The van der Waals surface area contributed by atoms with Crippen molar-refractivity contribution in [2.24, 2.45) is 5.10 Å². The SMILES string of the molecule is Cc1ccc(C=NNC(=O)COc2cccc(Cl)c2)c(O)c1. The van der Waals surface area contributed by atoms with Gasteiger partial charge in [0.2, 0.25) is 0 Å². The number of aryl methyl sites for hydroxylation is 1. The molecule has 1 amide bonds. The fourth-order valence-corrected chi connectivity index (χ4v) is 1.85. The Morgan fingerprint density at radius 2 is 2.18 bits per heavy atom. The van der Waals surface area contributed by atoms with Gasteiger partial charge in [0.15, 0.2) is 6.61 Å². The molecule has 0 aliphatic rings. The smallest absolute Gasteiger partial charge is 0.277 e. The molecule has 0 saturated carbocycles. The van der Waals surface area contributed by atoms with Gasteiger partial charge in [-0.15, -0.1) is 0 Å². The van der Waals surface area contributed by atoms with Crippen molar-refractivity contribution in [3.63, 3.8) is 0 Å². The van der Waals surface area contributed by atoms with Crippen molar-refractivity contribution >= 4 is 23.7 Å². The predicted octanol–water partition coefficient (Wildman–Crippen LogP) is 2.88. The van der Waals surface area contributed by atoms with Crippen molar-refractivity contribution < 1.29 is 14.6 Å². The van der Waals surface area contributed by atoms with Gasteiger partial charge in [-0.1, -0.05) is 23.7 Å². The number of aromatic hydroxyl groups is 1. The summed E-state index contributed by atoms with van der Waals surface area (Å²) in [5.41, 5.74) is 3.77. The van der Waals surface area contributed by atoms with Crippen LogP contribution in [-0.2, 0) is 4.79 Å². The number of halogens is 1. The van der Waals surface area contributed by atoms with E-state index < -0.39 is 5.91 Å². The first kappa shape index (κ1) is 15.9. The third-order valence-corrected chi connectivity index (χ3v) is 2.98. The van der Waals surface area contributed by atoms with Crippen LogP contribution in [0.2, 0.25) is 5.02 Å². The maximum atomic E-state index is 11.6. The molecule has 0 aliphatic heterocycles. The molecular weight excluding hydrogens is 304 g/mol. The number of hydrazone groups is 1. The molecule has 0 saturated heterocycles. The predicted molar refractivity (Wildman–Crippen MR) is 85.5 cm³/mol. The highest BCUT2D eigenvalue weighted by Gasteiger charge is 2.02. The topological polar surface area (TPSA) is 70.9 Å². The van der Waals surface area contributed by atoms with E-state index in [1.54, 1.807) is 36.4 Å². The van der Waals surface area contributed by atoms with Crippen LogP contribution in [0, 0.1) is 6.92 Å². The normalized spacial score (nSPS) is 10.6. The van der Waals surface area contributed by atoms with Gasteiger partial charge in [-0.3, -0.25) is 4.79 Å². The highest BCUT2D eigenvalue weighted by atomic mass is 35.5. The van der Waals surface area contributed by atoms with E-state index in [4.69, 9.17) is 16.3 Å². The third-order valence-electron chi connectivity index (χ3n) is 2.74. The van der Waals surface area contributed by atoms with Gasteiger partial charge in [-0.25, -0.2) is 5.43 Å². The van der Waals surface area contributed by atoms with Crippen LogP contribution in [-0.4, -0.2) is 23.8 Å². The molecule has 2 aromatic rings. The number of rotatable bonds is 5. The second-order valence-electron chi connectivity index (χ2n) is 4.60. The van der Waals surface area contributed by atoms with Crippen LogP contribution in [0.15, 0.2) is 47.6 Å². The van der Waals surface area contributed by atoms with E-state index >= 15 is 0 Å². The Hall–Kier alpha value is -2.53. The number of phenols is 1. The molecule has 0 aliphatic carbocycles. The van der Waals surface area contributed by atoms with Gasteiger partial charge in [-0.05, 0) is 42.8 Å². The first-order valence-electron chi connectivity index (χ1n) is 6.54. The molecule has 0 atom stereocenters. The maximum Gasteiger partial charge on any atom is 0.277 e. The summed E-state index contributed by atoms with van der Waals surface area (Å²) in [6.07, 6.45) is 1.37. The Labute approximate surface area is 133 Å². The van der Waals surface area contributed by atoms with E-state index in [1.807, 2.05) is 13.0 Å². The number of carbonyl (C=O) groups excluding carboxylic acids is 1. The van der Waals surface area contributed by atoms with E-state index in [-0.39, 0.29) is 12.4 Å². The summed E-state index contributed by atoms with van der Waals surface area (Å²) in [6.45, 7) is 1.69. The highest BCUT2D eigenvalue weighted by molar-refractivity contribution is 6.30. The van der Waals surface area contributed by atoms with E-state index in [9.17, 15) is 9.90 Å². The molecule has 2 N–H and O–H groups in total. The number of carbonyl (C=O) groups is 1. The minimum atomic E-state index is -0.414. The lowest BCUT2D eigenvalue weighted by atomic mass is 10.1. The summed E-state index contributed by atoms with van der Waals surface area (Å²) in [5.74, 6) is 0.193. The first-order chi connectivity index (χ1) is 10.5. The number of hydrogen-bond donors (Lipinski definition) is 2. The maximum absolute atomic E-state index is 11.6. The van der Waals surface area contributed by atoms with Crippen molar-refractivity contribution in [3.8, 4) is 11.5 Å². The lowest BCUT2D eigenvalue weighted by molar-refractivity contribution is -0.123. The second-order valence-corrected chi connectivity index (χ2v) is 5.04. The van der Waals surface area contributed by atoms with Crippen LogP contribution in [0.25, 0.3) is 0 Å². The second kappa shape index (κ2) is 7.47. The Morgan fingerprint density at radius 3 is 2.91 bits per heavy atom. The van der Waals surface area contributed by atoms with Crippen molar-refractivity contribution in [2.45, 2.75) is 6.92 Å². The molecule has 22 heavy (non-hydrogen) atoms. The zero-order valence-corrected chi connectivity index (χ0v) is 12.7. The minimum absolute atomic E-state index is 0.105. The number of nitrogens with zero attached hydrogens (tertiary/aromatic N) is 1. The van der Waals surface area contributed by atoms with Gasteiger partial charge >= 0.3 is 0 Å². The zero-order valence-electron chi connectivity index (χ0n) is 11.9. The summed E-state index contributed by atoms with van der Waals surface area (Å²) >= 11 is 5.81. The molecule has 114 valence electrons. The molecule has 0 heterocycles. The molecule has 0 unspecified atom stereocenters. The van der Waals surface area contributed by atoms with E-state index in [2.05, 4.69) is 10.5 Å². The van der Waals surface area contributed by atoms with Gasteiger partial charge < -0.3 is 9.84 Å². The summed E-state index contributed by atoms with van der Waals surface area (Å²) in [7, 11) is 0. The molecule has 2 rings (SSSR count). The Balaban J connectivity index is 1.83. The van der Waals surface area contributed by atoms with E-state index in [1.165, 1.54) is 6.21 Å². The third kappa shape index (κ3) is 4.79. The fraction of sp³-hybridized carbons (Fsp3) is 0.125. The average Bonchev–Trinajstić information content (AvgIpc) is 2.47. The highest BCUT2D eigenvalue weighted by Crippen LogP contribution is 2.17. The molecule has 0 radical (unpaired) electrons. The van der Waals surface area contributed by atoms with Crippen LogP contribution in [0.1, 0.15) is 11.1 Å².